The molecule has 0 aliphatic rings. The van der Waals surface area contributed by atoms with E-state index in [1.807, 2.05) is 25.1 Å². The van der Waals surface area contributed by atoms with Crippen molar-refractivity contribution in [1.29, 1.82) is 5.26 Å². The number of pyridine rings is 1. The molecule has 3 N–H and O–H groups in total. The summed E-state index contributed by atoms with van der Waals surface area (Å²) in [5, 5.41) is 19.6. The Morgan fingerprint density at radius 3 is 2.73 bits per heavy atom. The van der Waals surface area contributed by atoms with E-state index in [1.165, 1.54) is 6.07 Å². The van der Waals surface area contributed by atoms with Crippen LogP contribution in [0.1, 0.15) is 21.7 Å². The lowest BCUT2D eigenvalue weighted by Gasteiger charge is -2.11. The first kappa shape index (κ1) is 16.9. The zero-order valence-corrected chi connectivity index (χ0v) is 13.8. The molecular weight excluding hydrogens is 332 g/mol. The van der Waals surface area contributed by atoms with Crippen LogP contribution in [0.4, 0.5) is 11.5 Å². The summed E-state index contributed by atoms with van der Waals surface area (Å²) in [5.41, 5.74) is 6.90. The smallest absolute Gasteiger partial charge is 0.271 e. The Morgan fingerprint density at radius 2 is 2.00 bits per heavy atom. The van der Waals surface area contributed by atoms with Crippen molar-refractivity contribution in [1.82, 2.24) is 15.2 Å². The first-order valence-electron chi connectivity index (χ1n) is 7.61. The average molecular weight is 346 g/mol. The SMILES string of the molecule is Cc1cccc(Nc2cc(Oc3cccc(C#N)c3)nnc2C(N)=O)n1. The third-order valence-electron chi connectivity index (χ3n) is 3.34. The van der Waals surface area contributed by atoms with E-state index in [0.717, 1.165) is 5.69 Å². The van der Waals surface area contributed by atoms with E-state index in [0.29, 0.717) is 22.8 Å². The summed E-state index contributed by atoms with van der Waals surface area (Å²) >= 11 is 0. The first-order valence-corrected chi connectivity index (χ1v) is 7.61. The van der Waals surface area contributed by atoms with Gasteiger partial charge in [-0.1, -0.05) is 12.1 Å². The van der Waals surface area contributed by atoms with Crippen molar-refractivity contribution in [2.24, 2.45) is 5.73 Å². The molecule has 0 atom stereocenters. The Hall–Kier alpha value is -3.99. The second-order valence-corrected chi connectivity index (χ2v) is 5.34. The fraction of sp³-hybridized carbons (Fsp3) is 0.0556. The zero-order valence-electron chi connectivity index (χ0n) is 13.8. The standard InChI is InChI=1S/C18H14N6O2/c1-11-4-2-7-15(21-11)22-14-9-16(23-24-17(14)18(20)25)26-13-6-3-5-12(8-13)10-19/h2-9H,1H3,(H2,20,25)(H,21,22,23). The van der Waals surface area contributed by atoms with Crippen LogP contribution in [0.5, 0.6) is 11.6 Å². The molecule has 0 fully saturated rings. The minimum absolute atomic E-state index is 0.0357. The summed E-state index contributed by atoms with van der Waals surface area (Å²) in [4.78, 5) is 15.9. The second kappa shape index (κ2) is 7.27. The van der Waals surface area contributed by atoms with Crippen LogP contribution in [0.3, 0.4) is 0 Å². The van der Waals surface area contributed by atoms with Gasteiger partial charge in [0.1, 0.15) is 11.6 Å². The van der Waals surface area contributed by atoms with Crippen molar-refractivity contribution in [2.45, 2.75) is 6.92 Å². The number of aromatic nitrogens is 3. The maximum Gasteiger partial charge on any atom is 0.271 e. The number of benzene rings is 1. The predicted octanol–water partition coefficient (Wildman–Crippen LogP) is 2.69. The summed E-state index contributed by atoms with van der Waals surface area (Å²) in [7, 11) is 0. The molecule has 3 aromatic rings. The van der Waals surface area contributed by atoms with Crippen LogP contribution in [-0.2, 0) is 0 Å². The number of hydrogen-bond acceptors (Lipinski definition) is 7. The van der Waals surface area contributed by atoms with Crippen molar-refractivity contribution < 1.29 is 9.53 Å². The topological polar surface area (TPSA) is 127 Å². The highest BCUT2D eigenvalue weighted by Gasteiger charge is 2.14. The van der Waals surface area contributed by atoms with Gasteiger partial charge in [0.15, 0.2) is 5.69 Å². The van der Waals surface area contributed by atoms with Crippen LogP contribution < -0.4 is 15.8 Å². The molecule has 26 heavy (non-hydrogen) atoms. The number of nitriles is 1. The summed E-state index contributed by atoms with van der Waals surface area (Å²) in [6, 6.07) is 15.5. The number of nitrogens with zero attached hydrogens (tertiary/aromatic N) is 4. The van der Waals surface area contributed by atoms with Crippen LogP contribution >= 0.6 is 0 Å². The minimum Gasteiger partial charge on any atom is -0.437 e. The van der Waals surface area contributed by atoms with E-state index in [2.05, 4.69) is 20.5 Å². The molecule has 0 aliphatic heterocycles. The molecule has 128 valence electrons. The quantitative estimate of drug-likeness (QED) is 0.727. The van der Waals surface area contributed by atoms with E-state index in [4.69, 9.17) is 15.7 Å². The Kier molecular flexibility index (Phi) is 4.71. The van der Waals surface area contributed by atoms with E-state index in [1.54, 1.807) is 30.3 Å². The number of carbonyl (C=O) groups is 1. The van der Waals surface area contributed by atoms with Gasteiger partial charge in [0.25, 0.3) is 5.91 Å². The van der Waals surface area contributed by atoms with Crippen molar-refractivity contribution in [3.63, 3.8) is 0 Å². The van der Waals surface area contributed by atoms with Gasteiger partial charge in [-0.05, 0) is 37.3 Å². The number of ether oxygens (including phenoxy) is 1. The maximum absolute atomic E-state index is 11.6. The van der Waals surface area contributed by atoms with Crippen LogP contribution in [-0.4, -0.2) is 21.1 Å². The van der Waals surface area contributed by atoms with Gasteiger partial charge in [-0.3, -0.25) is 4.79 Å². The molecule has 0 radical (unpaired) electrons. The molecule has 2 aromatic heterocycles. The van der Waals surface area contributed by atoms with Crippen molar-refractivity contribution in [3.8, 4) is 17.7 Å². The number of aryl methyl sites for hydroxylation is 1. The lowest BCUT2D eigenvalue weighted by molar-refractivity contribution is 0.0995. The molecule has 0 unspecified atom stereocenters. The van der Waals surface area contributed by atoms with Gasteiger partial charge in [-0.15, -0.1) is 10.2 Å². The normalized spacial score (nSPS) is 10.0. The molecule has 0 aliphatic carbocycles. The van der Waals surface area contributed by atoms with Gasteiger partial charge < -0.3 is 15.8 Å². The first-order chi connectivity index (χ1) is 12.5. The fourth-order valence-electron chi connectivity index (χ4n) is 2.20. The third kappa shape index (κ3) is 3.91. The van der Waals surface area contributed by atoms with Gasteiger partial charge in [0.05, 0.1) is 17.3 Å². The van der Waals surface area contributed by atoms with Gasteiger partial charge in [0, 0.05) is 11.8 Å². The summed E-state index contributed by atoms with van der Waals surface area (Å²) in [5.74, 6) is 0.355. The van der Waals surface area contributed by atoms with E-state index in [-0.39, 0.29) is 11.6 Å². The van der Waals surface area contributed by atoms with Gasteiger partial charge >= 0.3 is 0 Å². The van der Waals surface area contributed by atoms with Crippen LogP contribution in [0.25, 0.3) is 0 Å². The Bertz CT molecular complexity index is 1010. The number of amides is 1. The van der Waals surface area contributed by atoms with Crippen LogP contribution in [0.15, 0.2) is 48.5 Å². The van der Waals surface area contributed by atoms with Gasteiger partial charge in [-0.2, -0.15) is 5.26 Å². The van der Waals surface area contributed by atoms with Crippen molar-refractivity contribution >= 4 is 17.4 Å². The van der Waals surface area contributed by atoms with Crippen LogP contribution in [0, 0.1) is 18.3 Å². The number of carbonyl (C=O) groups excluding carboxylic acids is 1. The molecule has 3 rings (SSSR count). The number of rotatable bonds is 5. The Labute approximate surface area is 149 Å². The molecule has 2 heterocycles. The number of anilines is 2. The number of hydrogen-bond donors (Lipinski definition) is 2. The molecule has 0 bridgehead atoms. The van der Waals surface area contributed by atoms with E-state index < -0.39 is 5.91 Å². The summed E-state index contributed by atoms with van der Waals surface area (Å²) in [6.45, 7) is 1.85. The average Bonchev–Trinajstić information content (AvgIpc) is 2.62. The van der Waals surface area contributed by atoms with Crippen molar-refractivity contribution in [3.05, 3.63) is 65.5 Å². The molecule has 8 heteroatoms. The lowest BCUT2D eigenvalue weighted by Crippen LogP contribution is -2.16. The molecule has 0 saturated carbocycles. The second-order valence-electron chi connectivity index (χ2n) is 5.34. The monoisotopic (exact) mass is 346 g/mol. The summed E-state index contributed by atoms with van der Waals surface area (Å²) in [6.07, 6.45) is 0. The molecule has 0 spiro atoms. The number of nitrogens with two attached hydrogens (primary N) is 1. The molecule has 0 saturated heterocycles. The predicted molar refractivity (Wildman–Crippen MR) is 94.0 cm³/mol. The zero-order chi connectivity index (χ0) is 18.5. The number of nitrogens with one attached hydrogen (secondary N) is 1. The molecule has 1 aromatic carbocycles. The largest absolute Gasteiger partial charge is 0.437 e. The highest BCUT2D eigenvalue weighted by atomic mass is 16.5. The highest BCUT2D eigenvalue weighted by Crippen LogP contribution is 2.25. The molecular formula is C18H14N6O2. The van der Waals surface area contributed by atoms with Gasteiger partial charge in [0.2, 0.25) is 5.88 Å². The Balaban J connectivity index is 1.93. The molecule has 1 amide bonds. The summed E-state index contributed by atoms with van der Waals surface area (Å²) < 4.78 is 5.62. The maximum atomic E-state index is 11.6. The van der Waals surface area contributed by atoms with E-state index in [9.17, 15) is 4.79 Å². The lowest BCUT2D eigenvalue weighted by atomic mass is 10.2. The van der Waals surface area contributed by atoms with Gasteiger partial charge in [-0.25, -0.2) is 4.98 Å². The van der Waals surface area contributed by atoms with Crippen LogP contribution in [0.2, 0.25) is 0 Å². The Morgan fingerprint density at radius 1 is 1.19 bits per heavy atom. The fourth-order valence-corrected chi connectivity index (χ4v) is 2.20. The minimum atomic E-state index is -0.731. The third-order valence-corrected chi connectivity index (χ3v) is 3.34. The number of primary amides is 1. The highest BCUT2D eigenvalue weighted by molar-refractivity contribution is 5.97. The molecule has 8 nitrogen and oxygen atoms in total. The van der Waals surface area contributed by atoms with E-state index >= 15 is 0 Å². The van der Waals surface area contributed by atoms with Crippen molar-refractivity contribution in [2.75, 3.05) is 5.32 Å².